The second kappa shape index (κ2) is 7.20. The molecule has 2 fully saturated rings. The molecule has 2 rings (SSSR count). The minimum Gasteiger partial charge on any atom is -0.387 e. The number of carbonyl (C=O) groups is 1. The van der Waals surface area contributed by atoms with E-state index >= 15 is 0 Å². The van der Waals surface area contributed by atoms with Crippen LogP contribution in [0.15, 0.2) is 0 Å². The van der Waals surface area contributed by atoms with Gasteiger partial charge in [0, 0.05) is 13.1 Å². The van der Waals surface area contributed by atoms with Crippen molar-refractivity contribution in [2.24, 2.45) is 0 Å². The molecule has 3 N–H and O–H groups in total. The van der Waals surface area contributed by atoms with Crippen LogP contribution in [-0.4, -0.2) is 88.7 Å². The van der Waals surface area contributed by atoms with Crippen LogP contribution in [0.3, 0.4) is 0 Å². The molecule has 0 bridgehead atoms. The van der Waals surface area contributed by atoms with Crippen LogP contribution < -0.4 is 0 Å². The summed E-state index contributed by atoms with van der Waals surface area (Å²) >= 11 is 0. The summed E-state index contributed by atoms with van der Waals surface area (Å²) in [6.45, 7) is 6.34. The smallest absolute Gasteiger partial charge is 0.254 e. The predicted molar refractivity (Wildman–Crippen MR) is 74.9 cm³/mol. The molecule has 0 radical (unpaired) electrons. The van der Waals surface area contributed by atoms with Gasteiger partial charge in [-0.2, -0.15) is 0 Å². The highest BCUT2D eigenvalue weighted by Crippen LogP contribution is 2.31. The Balaban J connectivity index is 2.03. The quantitative estimate of drug-likeness (QED) is 0.564. The van der Waals surface area contributed by atoms with Gasteiger partial charge in [-0.1, -0.05) is 0 Å². The Labute approximate surface area is 129 Å². The van der Waals surface area contributed by atoms with Crippen LogP contribution in [0.5, 0.6) is 0 Å². The van der Waals surface area contributed by atoms with Gasteiger partial charge in [0.1, 0.15) is 30.5 Å². The number of nitrogens with zero attached hydrogens (tertiary/aromatic N) is 1. The number of carbonyl (C=O) groups excluding carboxylic acids is 1. The van der Waals surface area contributed by atoms with E-state index in [2.05, 4.69) is 0 Å². The molecule has 2 heterocycles. The first-order chi connectivity index (χ1) is 10.4. The van der Waals surface area contributed by atoms with E-state index < -0.39 is 48.8 Å². The van der Waals surface area contributed by atoms with Gasteiger partial charge in [-0.05, 0) is 20.8 Å². The van der Waals surface area contributed by atoms with Crippen molar-refractivity contribution in [2.45, 2.75) is 63.7 Å². The van der Waals surface area contributed by atoms with Gasteiger partial charge in [-0.15, -0.1) is 0 Å². The molecule has 2 saturated heterocycles. The van der Waals surface area contributed by atoms with Gasteiger partial charge in [0.25, 0.3) is 5.91 Å². The standard InChI is InChI=1S/C14H25NO7/c1-4-15(5-2)14(19)10(17)9(16)13-11(18)12-8(22-13)6-20-7(3)21-12/h7-13,16-18H,4-6H2,1-3H3/t7-,8-,9+,10-,11+,12-,13+/m1/s1. The van der Waals surface area contributed by atoms with Crippen LogP contribution in [0.1, 0.15) is 20.8 Å². The maximum Gasteiger partial charge on any atom is 0.254 e. The second-order valence-electron chi connectivity index (χ2n) is 5.58. The van der Waals surface area contributed by atoms with Crippen molar-refractivity contribution in [2.75, 3.05) is 19.7 Å². The number of likely N-dealkylation sites (N-methyl/N-ethyl adjacent to an activating group) is 1. The zero-order valence-corrected chi connectivity index (χ0v) is 13.1. The monoisotopic (exact) mass is 319 g/mol. The summed E-state index contributed by atoms with van der Waals surface area (Å²) in [4.78, 5) is 13.5. The van der Waals surface area contributed by atoms with Crippen molar-refractivity contribution in [1.29, 1.82) is 0 Å². The summed E-state index contributed by atoms with van der Waals surface area (Å²) in [5, 5.41) is 30.6. The highest BCUT2D eigenvalue weighted by Gasteiger charge is 2.52. The molecule has 128 valence electrons. The van der Waals surface area contributed by atoms with E-state index in [1.165, 1.54) is 4.90 Å². The number of fused-ring (bicyclic) bond motifs is 1. The molecule has 0 aromatic carbocycles. The topological polar surface area (TPSA) is 109 Å². The van der Waals surface area contributed by atoms with Gasteiger partial charge in [0.15, 0.2) is 12.4 Å². The lowest BCUT2D eigenvalue weighted by atomic mass is 9.99. The second-order valence-corrected chi connectivity index (χ2v) is 5.58. The molecular formula is C14H25NO7. The Morgan fingerprint density at radius 2 is 1.91 bits per heavy atom. The number of hydrogen-bond donors (Lipinski definition) is 3. The molecule has 2 aliphatic rings. The highest BCUT2D eigenvalue weighted by atomic mass is 16.7. The van der Waals surface area contributed by atoms with Crippen LogP contribution in [-0.2, 0) is 19.0 Å². The van der Waals surface area contributed by atoms with E-state index in [0.29, 0.717) is 13.1 Å². The zero-order chi connectivity index (χ0) is 16.4. The fourth-order valence-electron chi connectivity index (χ4n) is 2.89. The molecule has 1 amide bonds. The van der Waals surface area contributed by atoms with Crippen LogP contribution in [0, 0.1) is 0 Å². The largest absolute Gasteiger partial charge is 0.387 e. The molecular weight excluding hydrogens is 294 g/mol. The van der Waals surface area contributed by atoms with Gasteiger partial charge < -0.3 is 34.4 Å². The third-order valence-corrected chi connectivity index (χ3v) is 4.20. The first-order valence-electron chi connectivity index (χ1n) is 7.66. The predicted octanol–water partition coefficient (Wildman–Crippen LogP) is -1.53. The SMILES string of the molecule is CCN(CC)C(=O)[C@H](O)[C@H](O)[C@@H]1O[C@@H]2CO[C@@H](C)O[C@H]2[C@@H]1O. The van der Waals surface area contributed by atoms with Crippen molar-refractivity contribution in [3.05, 3.63) is 0 Å². The molecule has 0 saturated carbocycles. The van der Waals surface area contributed by atoms with Gasteiger partial charge in [0.05, 0.1) is 6.61 Å². The van der Waals surface area contributed by atoms with Gasteiger partial charge in [0.2, 0.25) is 0 Å². The first-order valence-corrected chi connectivity index (χ1v) is 7.66. The van der Waals surface area contributed by atoms with Gasteiger partial charge >= 0.3 is 0 Å². The Hall–Kier alpha value is -0.770. The summed E-state index contributed by atoms with van der Waals surface area (Å²) in [5.74, 6) is -0.589. The van der Waals surface area contributed by atoms with E-state index in [1.807, 2.05) is 0 Å². The fourth-order valence-corrected chi connectivity index (χ4v) is 2.89. The van der Waals surface area contributed by atoms with E-state index in [9.17, 15) is 20.1 Å². The number of rotatable bonds is 5. The zero-order valence-electron chi connectivity index (χ0n) is 13.1. The summed E-state index contributed by atoms with van der Waals surface area (Å²) in [7, 11) is 0. The lowest BCUT2D eigenvalue weighted by molar-refractivity contribution is -0.240. The molecule has 0 spiro atoms. The molecule has 22 heavy (non-hydrogen) atoms. The number of ether oxygens (including phenoxy) is 3. The van der Waals surface area contributed by atoms with Crippen molar-refractivity contribution in [3.8, 4) is 0 Å². The lowest BCUT2D eigenvalue weighted by Gasteiger charge is -2.30. The number of aliphatic hydroxyl groups excluding tert-OH is 3. The minimum atomic E-state index is -1.65. The van der Waals surface area contributed by atoms with E-state index in [-0.39, 0.29) is 6.61 Å². The molecule has 2 aliphatic heterocycles. The van der Waals surface area contributed by atoms with Crippen molar-refractivity contribution in [3.63, 3.8) is 0 Å². The molecule has 8 heteroatoms. The Morgan fingerprint density at radius 3 is 2.50 bits per heavy atom. The average Bonchev–Trinajstić information content (AvgIpc) is 2.83. The highest BCUT2D eigenvalue weighted by molar-refractivity contribution is 5.81. The third kappa shape index (κ3) is 3.27. The summed E-state index contributed by atoms with van der Waals surface area (Å²) in [6.07, 6.45) is -7.06. The molecule has 0 aromatic rings. The van der Waals surface area contributed by atoms with Crippen LogP contribution in [0.2, 0.25) is 0 Å². The maximum atomic E-state index is 12.1. The molecule has 8 nitrogen and oxygen atoms in total. The summed E-state index contributed by atoms with van der Waals surface area (Å²) < 4.78 is 16.2. The molecule has 0 aromatic heterocycles. The third-order valence-electron chi connectivity index (χ3n) is 4.20. The van der Waals surface area contributed by atoms with Crippen molar-refractivity contribution >= 4 is 5.91 Å². The summed E-state index contributed by atoms with van der Waals surface area (Å²) in [6, 6.07) is 0. The van der Waals surface area contributed by atoms with Crippen LogP contribution in [0.4, 0.5) is 0 Å². The number of hydrogen-bond acceptors (Lipinski definition) is 7. The van der Waals surface area contributed by atoms with Crippen molar-refractivity contribution < 1.29 is 34.3 Å². The normalized spacial score (nSPS) is 37.5. The van der Waals surface area contributed by atoms with Crippen molar-refractivity contribution in [1.82, 2.24) is 4.90 Å². The van der Waals surface area contributed by atoms with Gasteiger partial charge in [-0.25, -0.2) is 0 Å². The number of aliphatic hydroxyl groups is 3. The molecule has 7 atom stereocenters. The fraction of sp³-hybridized carbons (Fsp3) is 0.929. The van der Waals surface area contributed by atoms with Crippen LogP contribution >= 0.6 is 0 Å². The average molecular weight is 319 g/mol. The van der Waals surface area contributed by atoms with E-state index in [0.717, 1.165) is 0 Å². The van der Waals surface area contributed by atoms with Gasteiger partial charge in [-0.3, -0.25) is 4.79 Å². The Morgan fingerprint density at radius 1 is 1.27 bits per heavy atom. The lowest BCUT2D eigenvalue weighted by Crippen LogP contribution is -2.52. The Bertz CT molecular complexity index is 389. The summed E-state index contributed by atoms with van der Waals surface area (Å²) in [5.41, 5.74) is 0. The van der Waals surface area contributed by atoms with E-state index in [4.69, 9.17) is 14.2 Å². The molecule has 0 aliphatic carbocycles. The van der Waals surface area contributed by atoms with E-state index in [1.54, 1.807) is 20.8 Å². The first kappa shape index (κ1) is 17.6. The van der Waals surface area contributed by atoms with Crippen LogP contribution in [0.25, 0.3) is 0 Å². The maximum absolute atomic E-state index is 12.1. The number of amides is 1. The minimum absolute atomic E-state index is 0.228. The molecule has 0 unspecified atom stereocenters. The Kier molecular flexibility index (Phi) is 5.76.